The zero-order valence-electron chi connectivity index (χ0n) is 17.0. The van der Waals surface area contributed by atoms with Gasteiger partial charge in [0, 0.05) is 6.42 Å². The first-order valence-corrected chi connectivity index (χ1v) is 10.7. The molecule has 0 amide bonds. The maximum atomic E-state index is 12.7. The predicted molar refractivity (Wildman–Crippen MR) is 123 cm³/mol. The van der Waals surface area contributed by atoms with E-state index in [2.05, 4.69) is 9.97 Å². The van der Waals surface area contributed by atoms with Crippen LogP contribution < -0.4 is 10.3 Å². The highest BCUT2D eigenvalue weighted by Crippen LogP contribution is 2.39. The fraction of sp³-hybridized carbons (Fsp3) is 0.120. The van der Waals surface area contributed by atoms with Gasteiger partial charge >= 0.3 is 0 Å². The number of benzene rings is 3. The fourth-order valence-electron chi connectivity index (χ4n) is 3.32. The molecule has 0 atom stereocenters. The summed E-state index contributed by atoms with van der Waals surface area (Å²) >= 11 is 1.40. The number of thioether (sulfide) groups is 1. The van der Waals surface area contributed by atoms with Crippen LogP contribution in [0.2, 0.25) is 0 Å². The Bertz CT molecular complexity index is 1150. The smallest absolute Gasteiger partial charge is 0.258 e. The molecular formula is C25H22N2O3S. The monoisotopic (exact) mass is 430 g/mol. The maximum absolute atomic E-state index is 12.7. The van der Waals surface area contributed by atoms with Crippen LogP contribution >= 0.6 is 11.8 Å². The van der Waals surface area contributed by atoms with Crippen molar-refractivity contribution in [1.29, 1.82) is 0 Å². The summed E-state index contributed by atoms with van der Waals surface area (Å²) in [6, 6.07) is 27.4. The Morgan fingerprint density at radius 2 is 1.52 bits per heavy atom. The number of ether oxygens (including phenoxy) is 1. The highest BCUT2D eigenvalue weighted by molar-refractivity contribution is 7.99. The van der Waals surface area contributed by atoms with Crippen molar-refractivity contribution >= 4 is 11.8 Å². The molecule has 0 saturated carbocycles. The van der Waals surface area contributed by atoms with Crippen LogP contribution in [-0.2, 0) is 6.42 Å². The molecule has 0 radical (unpaired) electrons. The molecule has 0 aliphatic rings. The molecule has 0 unspecified atom stereocenters. The van der Waals surface area contributed by atoms with Gasteiger partial charge in [0.25, 0.3) is 5.56 Å². The first kappa shape index (κ1) is 20.8. The van der Waals surface area contributed by atoms with E-state index < -0.39 is 0 Å². The van der Waals surface area contributed by atoms with E-state index in [1.165, 1.54) is 11.8 Å². The number of hydrogen-bond donors (Lipinski definition) is 2. The van der Waals surface area contributed by atoms with E-state index in [0.717, 1.165) is 22.4 Å². The van der Waals surface area contributed by atoms with Gasteiger partial charge in [-0.3, -0.25) is 4.79 Å². The molecule has 5 nitrogen and oxygen atoms in total. The summed E-state index contributed by atoms with van der Waals surface area (Å²) in [7, 11) is 1.60. The number of nitrogens with one attached hydrogen (secondary N) is 1. The van der Waals surface area contributed by atoms with Gasteiger partial charge < -0.3 is 14.8 Å². The van der Waals surface area contributed by atoms with Gasteiger partial charge in [-0.15, -0.1) is 0 Å². The Hall–Kier alpha value is -3.51. The minimum absolute atomic E-state index is 0.0719. The van der Waals surface area contributed by atoms with Gasteiger partial charge in [-0.2, -0.15) is 4.98 Å². The molecule has 4 rings (SSSR count). The third kappa shape index (κ3) is 4.98. The predicted octanol–water partition coefficient (Wildman–Crippen LogP) is 4.96. The van der Waals surface area contributed by atoms with Crippen LogP contribution in [0, 0.1) is 0 Å². The molecule has 0 bridgehead atoms. The van der Waals surface area contributed by atoms with Crippen LogP contribution in [0.25, 0.3) is 0 Å². The van der Waals surface area contributed by atoms with E-state index in [-0.39, 0.29) is 28.7 Å². The summed E-state index contributed by atoms with van der Waals surface area (Å²) in [5.41, 5.74) is 2.96. The number of aromatic nitrogens is 2. The van der Waals surface area contributed by atoms with Gasteiger partial charge in [0.1, 0.15) is 5.75 Å². The minimum atomic E-state index is -0.342. The Morgan fingerprint density at radius 3 is 2.03 bits per heavy atom. The zero-order valence-corrected chi connectivity index (χ0v) is 17.8. The molecule has 3 aromatic carbocycles. The average Bonchev–Trinajstić information content (AvgIpc) is 2.81. The Labute approximate surface area is 184 Å². The highest BCUT2D eigenvalue weighted by Gasteiger charge is 2.19. The van der Waals surface area contributed by atoms with Crippen molar-refractivity contribution in [2.45, 2.75) is 16.8 Å². The third-order valence-electron chi connectivity index (χ3n) is 4.95. The highest BCUT2D eigenvalue weighted by atomic mass is 32.2. The summed E-state index contributed by atoms with van der Waals surface area (Å²) in [4.78, 5) is 19.9. The summed E-state index contributed by atoms with van der Waals surface area (Å²) in [6.07, 6.45) is 0.282. The van der Waals surface area contributed by atoms with Crippen LogP contribution in [-0.4, -0.2) is 22.2 Å². The molecule has 156 valence electrons. The minimum Gasteiger partial charge on any atom is -0.497 e. The molecule has 0 aliphatic heterocycles. The summed E-state index contributed by atoms with van der Waals surface area (Å²) < 4.78 is 5.16. The molecule has 1 heterocycles. The number of rotatable bonds is 7. The van der Waals surface area contributed by atoms with E-state index in [1.54, 1.807) is 7.11 Å². The fourth-order valence-corrected chi connectivity index (χ4v) is 4.42. The Kier molecular flexibility index (Phi) is 6.38. The summed E-state index contributed by atoms with van der Waals surface area (Å²) in [5, 5.41) is 10.8. The summed E-state index contributed by atoms with van der Waals surface area (Å²) in [6.45, 7) is 0. The van der Waals surface area contributed by atoms with E-state index in [4.69, 9.17) is 4.74 Å². The van der Waals surface area contributed by atoms with Gasteiger partial charge in [0.05, 0.1) is 17.9 Å². The van der Waals surface area contributed by atoms with E-state index in [1.807, 2.05) is 84.9 Å². The standard InChI is InChI=1S/C25H22N2O3S/c1-30-20-14-12-17(13-15-20)16-21-23(28)26-25(27-24(21)29)31-22(18-8-4-2-5-9-18)19-10-6-3-7-11-19/h2-15,22H,16H2,1H3,(H2,26,27,28,29). The van der Waals surface area contributed by atoms with Crippen molar-refractivity contribution in [3.63, 3.8) is 0 Å². The maximum Gasteiger partial charge on any atom is 0.258 e. The van der Waals surface area contributed by atoms with Gasteiger partial charge in [0.2, 0.25) is 5.88 Å². The molecule has 31 heavy (non-hydrogen) atoms. The van der Waals surface area contributed by atoms with Crippen molar-refractivity contribution in [1.82, 2.24) is 9.97 Å². The second kappa shape index (κ2) is 9.53. The molecule has 6 heteroatoms. The topological polar surface area (TPSA) is 75.2 Å². The second-order valence-electron chi connectivity index (χ2n) is 7.02. The van der Waals surface area contributed by atoms with Gasteiger partial charge in [-0.05, 0) is 28.8 Å². The van der Waals surface area contributed by atoms with Crippen LogP contribution in [0.3, 0.4) is 0 Å². The molecule has 0 saturated heterocycles. The molecule has 0 aliphatic carbocycles. The number of nitrogens with zero attached hydrogens (tertiary/aromatic N) is 1. The Morgan fingerprint density at radius 1 is 0.935 bits per heavy atom. The second-order valence-corrected chi connectivity index (χ2v) is 8.11. The third-order valence-corrected chi connectivity index (χ3v) is 6.14. The average molecular weight is 431 g/mol. The largest absolute Gasteiger partial charge is 0.497 e. The van der Waals surface area contributed by atoms with Gasteiger partial charge in [-0.25, -0.2) is 0 Å². The number of aromatic amines is 1. The lowest BCUT2D eigenvalue weighted by Crippen LogP contribution is -2.16. The quantitative estimate of drug-likeness (QED) is 0.320. The molecule has 0 spiro atoms. The molecule has 2 N–H and O–H groups in total. The van der Waals surface area contributed by atoms with Crippen LogP contribution in [0.15, 0.2) is 94.9 Å². The molecular weight excluding hydrogens is 408 g/mol. The summed E-state index contributed by atoms with van der Waals surface area (Å²) in [5.74, 6) is 0.488. The number of aromatic hydroxyl groups is 1. The van der Waals surface area contributed by atoms with Crippen LogP contribution in [0.5, 0.6) is 11.6 Å². The van der Waals surface area contributed by atoms with Crippen LogP contribution in [0.1, 0.15) is 27.5 Å². The van der Waals surface area contributed by atoms with Crippen molar-refractivity contribution in [2.24, 2.45) is 0 Å². The lowest BCUT2D eigenvalue weighted by atomic mass is 10.0. The van der Waals surface area contributed by atoms with E-state index >= 15 is 0 Å². The normalized spacial score (nSPS) is 10.9. The van der Waals surface area contributed by atoms with Crippen molar-refractivity contribution in [2.75, 3.05) is 7.11 Å². The number of H-pyrrole nitrogens is 1. The van der Waals surface area contributed by atoms with Crippen molar-refractivity contribution in [3.05, 3.63) is 118 Å². The first-order chi connectivity index (χ1) is 15.1. The van der Waals surface area contributed by atoms with Crippen LogP contribution in [0.4, 0.5) is 0 Å². The number of hydrogen-bond acceptors (Lipinski definition) is 5. The molecule has 4 aromatic rings. The van der Waals surface area contributed by atoms with E-state index in [0.29, 0.717) is 5.16 Å². The lowest BCUT2D eigenvalue weighted by Gasteiger charge is -2.17. The lowest BCUT2D eigenvalue weighted by molar-refractivity contribution is 0.414. The van der Waals surface area contributed by atoms with Gasteiger partial charge in [-0.1, -0.05) is 84.6 Å². The van der Waals surface area contributed by atoms with Crippen molar-refractivity contribution in [3.8, 4) is 11.6 Å². The first-order valence-electron chi connectivity index (χ1n) is 9.85. The number of methoxy groups -OCH3 is 1. The Balaban J connectivity index is 1.62. The van der Waals surface area contributed by atoms with Gasteiger partial charge in [0.15, 0.2) is 5.16 Å². The SMILES string of the molecule is COc1ccc(Cc2c(O)nc(SC(c3ccccc3)c3ccccc3)[nH]c2=O)cc1. The molecule has 1 aromatic heterocycles. The zero-order chi connectivity index (χ0) is 21.6. The molecule has 0 fully saturated rings. The van der Waals surface area contributed by atoms with Crippen molar-refractivity contribution < 1.29 is 9.84 Å². The van der Waals surface area contributed by atoms with E-state index in [9.17, 15) is 9.90 Å².